The zero-order valence-electron chi connectivity index (χ0n) is 11.2. The van der Waals surface area contributed by atoms with Crippen molar-refractivity contribution in [3.05, 3.63) is 53.5 Å². The SMILES string of the molecule is Cc1cc(C)cc(N(Cc2ccco2)C(=O)CN)c1. The van der Waals surface area contributed by atoms with Gasteiger partial charge in [0, 0.05) is 5.69 Å². The maximum absolute atomic E-state index is 12.0. The molecular formula is C15H18N2O2. The molecule has 0 bridgehead atoms. The molecule has 2 rings (SSSR count). The molecule has 1 aromatic heterocycles. The van der Waals surface area contributed by atoms with E-state index in [1.165, 1.54) is 0 Å². The number of anilines is 1. The number of amides is 1. The summed E-state index contributed by atoms with van der Waals surface area (Å²) in [6.45, 7) is 4.39. The van der Waals surface area contributed by atoms with Crippen LogP contribution in [0.1, 0.15) is 16.9 Å². The molecule has 1 amide bonds. The van der Waals surface area contributed by atoms with Crippen LogP contribution in [0.5, 0.6) is 0 Å². The summed E-state index contributed by atoms with van der Waals surface area (Å²) < 4.78 is 5.31. The lowest BCUT2D eigenvalue weighted by Crippen LogP contribution is -2.35. The number of furan rings is 1. The highest BCUT2D eigenvalue weighted by Gasteiger charge is 2.16. The second-order valence-corrected chi connectivity index (χ2v) is 4.61. The van der Waals surface area contributed by atoms with Crippen molar-refractivity contribution in [2.45, 2.75) is 20.4 Å². The Hall–Kier alpha value is -2.07. The topological polar surface area (TPSA) is 59.5 Å². The van der Waals surface area contributed by atoms with Crippen molar-refractivity contribution < 1.29 is 9.21 Å². The van der Waals surface area contributed by atoms with Crippen LogP contribution in [0.25, 0.3) is 0 Å². The lowest BCUT2D eigenvalue weighted by molar-refractivity contribution is -0.117. The largest absolute Gasteiger partial charge is 0.467 e. The van der Waals surface area contributed by atoms with Crippen LogP contribution in [0, 0.1) is 13.8 Å². The normalized spacial score (nSPS) is 10.5. The molecule has 2 N–H and O–H groups in total. The fourth-order valence-electron chi connectivity index (χ4n) is 2.10. The number of nitrogens with two attached hydrogens (primary N) is 1. The van der Waals surface area contributed by atoms with Gasteiger partial charge in [-0.1, -0.05) is 6.07 Å². The maximum atomic E-state index is 12.0. The van der Waals surface area contributed by atoms with Gasteiger partial charge in [0.2, 0.25) is 5.91 Å². The van der Waals surface area contributed by atoms with Crippen LogP contribution in [0.2, 0.25) is 0 Å². The fourth-order valence-corrected chi connectivity index (χ4v) is 2.10. The molecule has 0 aliphatic carbocycles. The summed E-state index contributed by atoms with van der Waals surface area (Å²) in [5.74, 6) is 0.613. The predicted molar refractivity (Wildman–Crippen MR) is 74.9 cm³/mol. The molecule has 0 saturated heterocycles. The molecule has 0 radical (unpaired) electrons. The number of aryl methyl sites for hydroxylation is 2. The first-order valence-corrected chi connectivity index (χ1v) is 6.21. The minimum atomic E-state index is -0.124. The molecule has 0 aliphatic rings. The lowest BCUT2D eigenvalue weighted by atomic mass is 10.1. The van der Waals surface area contributed by atoms with Crippen molar-refractivity contribution in [3.8, 4) is 0 Å². The monoisotopic (exact) mass is 258 g/mol. The van der Waals surface area contributed by atoms with Crippen LogP contribution < -0.4 is 10.6 Å². The molecule has 100 valence electrons. The summed E-state index contributed by atoms with van der Waals surface area (Å²) in [4.78, 5) is 13.7. The average molecular weight is 258 g/mol. The molecule has 0 atom stereocenters. The Labute approximate surface area is 112 Å². The molecule has 0 saturated carbocycles. The summed E-state index contributed by atoms with van der Waals surface area (Å²) >= 11 is 0. The molecule has 19 heavy (non-hydrogen) atoms. The smallest absolute Gasteiger partial charge is 0.241 e. The summed E-state index contributed by atoms with van der Waals surface area (Å²) in [6, 6.07) is 9.68. The Kier molecular flexibility index (Phi) is 4.02. The number of hydrogen-bond acceptors (Lipinski definition) is 3. The highest BCUT2D eigenvalue weighted by atomic mass is 16.3. The van der Waals surface area contributed by atoms with Crippen LogP contribution in [0.15, 0.2) is 41.0 Å². The first kappa shape index (κ1) is 13.4. The summed E-state index contributed by atoms with van der Waals surface area (Å²) in [6.07, 6.45) is 1.60. The molecule has 0 fully saturated rings. The van der Waals surface area contributed by atoms with Gasteiger partial charge in [0.15, 0.2) is 0 Å². The zero-order valence-corrected chi connectivity index (χ0v) is 11.2. The van der Waals surface area contributed by atoms with Gasteiger partial charge < -0.3 is 15.1 Å². The number of carbonyl (C=O) groups excluding carboxylic acids is 1. The minimum absolute atomic E-state index is 0.0201. The van der Waals surface area contributed by atoms with E-state index in [-0.39, 0.29) is 12.5 Å². The van der Waals surface area contributed by atoms with Crippen LogP contribution in [-0.2, 0) is 11.3 Å². The van der Waals surface area contributed by atoms with Crippen molar-refractivity contribution in [2.75, 3.05) is 11.4 Å². The first-order valence-electron chi connectivity index (χ1n) is 6.21. The third-order valence-electron chi connectivity index (χ3n) is 2.89. The van der Waals surface area contributed by atoms with E-state index in [1.807, 2.05) is 38.1 Å². The molecule has 1 aromatic carbocycles. The quantitative estimate of drug-likeness (QED) is 0.916. The Morgan fingerprint density at radius 2 is 1.95 bits per heavy atom. The average Bonchev–Trinajstić information content (AvgIpc) is 2.86. The second-order valence-electron chi connectivity index (χ2n) is 4.61. The van der Waals surface area contributed by atoms with E-state index in [1.54, 1.807) is 11.2 Å². The molecule has 1 heterocycles. The highest BCUT2D eigenvalue weighted by Crippen LogP contribution is 2.21. The van der Waals surface area contributed by atoms with Gasteiger partial charge >= 0.3 is 0 Å². The van der Waals surface area contributed by atoms with Gasteiger partial charge in [-0.15, -0.1) is 0 Å². The molecule has 4 heteroatoms. The third-order valence-corrected chi connectivity index (χ3v) is 2.89. The second kappa shape index (κ2) is 5.71. The van der Waals surface area contributed by atoms with Gasteiger partial charge in [-0.2, -0.15) is 0 Å². The zero-order chi connectivity index (χ0) is 13.8. The van der Waals surface area contributed by atoms with Crippen molar-refractivity contribution in [1.29, 1.82) is 0 Å². The predicted octanol–water partition coefficient (Wildman–Crippen LogP) is 2.39. The van der Waals surface area contributed by atoms with E-state index in [9.17, 15) is 4.79 Å². The van der Waals surface area contributed by atoms with E-state index < -0.39 is 0 Å². The van der Waals surface area contributed by atoms with Crippen LogP contribution in [0.3, 0.4) is 0 Å². The van der Waals surface area contributed by atoms with Crippen LogP contribution in [0.4, 0.5) is 5.69 Å². The molecule has 0 spiro atoms. The van der Waals surface area contributed by atoms with Gasteiger partial charge in [-0.25, -0.2) is 0 Å². The van der Waals surface area contributed by atoms with E-state index >= 15 is 0 Å². The van der Waals surface area contributed by atoms with Gasteiger partial charge in [-0.3, -0.25) is 4.79 Å². The van der Waals surface area contributed by atoms with Gasteiger partial charge in [0.25, 0.3) is 0 Å². The van der Waals surface area contributed by atoms with Crippen molar-refractivity contribution in [1.82, 2.24) is 0 Å². The molecular weight excluding hydrogens is 240 g/mol. The fraction of sp³-hybridized carbons (Fsp3) is 0.267. The van der Waals surface area contributed by atoms with Gasteiger partial charge in [0.05, 0.1) is 19.4 Å². The maximum Gasteiger partial charge on any atom is 0.241 e. The Morgan fingerprint density at radius 1 is 1.26 bits per heavy atom. The summed E-state index contributed by atoms with van der Waals surface area (Å²) in [5, 5.41) is 0. The third kappa shape index (κ3) is 3.23. The number of carbonyl (C=O) groups is 1. The number of hydrogen-bond donors (Lipinski definition) is 1. The number of rotatable bonds is 4. The first-order chi connectivity index (χ1) is 9.10. The van der Waals surface area contributed by atoms with Crippen molar-refractivity contribution in [3.63, 3.8) is 0 Å². The van der Waals surface area contributed by atoms with E-state index in [0.717, 1.165) is 22.6 Å². The molecule has 4 nitrogen and oxygen atoms in total. The van der Waals surface area contributed by atoms with E-state index in [4.69, 9.17) is 10.2 Å². The number of benzene rings is 1. The lowest BCUT2D eigenvalue weighted by Gasteiger charge is -2.22. The minimum Gasteiger partial charge on any atom is -0.467 e. The van der Waals surface area contributed by atoms with Crippen molar-refractivity contribution in [2.24, 2.45) is 5.73 Å². The van der Waals surface area contributed by atoms with E-state index in [0.29, 0.717) is 6.54 Å². The highest BCUT2D eigenvalue weighted by molar-refractivity contribution is 5.94. The van der Waals surface area contributed by atoms with Gasteiger partial charge in [-0.05, 0) is 49.2 Å². The summed E-state index contributed by atoms with van der Waals surface area (Å²) in [7, 11) is 0. The molecule has 0 unspecified atom stereocenters. The van der Waals surface area contributed by atoms with Crippen LogP contribution in [-0.4, -0.2) is 12.5 Å². The standard InChI is InChI=1S/C15H18N2O2/c1-11-6-12(2)8-13(7-11)17(15(18)9-16)10-14-4-3-5-19-14/h3-8H,9-10,16H2,1-2H3. The van der Waals surface area contributed by atoms with Crippen molar-refractivity contribution >= 4 is 11.6 Å². The molecule has 0 aliphatic heterocycles. The number of nitrogens with zero attached hydrogens (tertiary/aromatic N) is 1. The Morgan fingerprint density at radius 3 is 2.47 bits per heavy atom. The van der Waals surface area contributed by atoms with E-state index in [2.05, 4.69) is 6.07 Å². The summed E-state index contributed by atoms with van der Waals surface area (Å²) in [5.41, 5.74) is 8.57. The Balaban J connectivity index is 2.34. The Bertz CT molecular complexity index is 541. The molecule has 2 aromatic rings. The van der Waals surface area contributed by atoms with Gasteiger partial charge in [0.1, 0.15) is 5.76 Å². The van der Waals surface area contributed by atoms with Crippen LogP contribution >= 0.6 is 0 Å².